The quantitative estimate of drug-likeness (QED) is 0.348. The van der Waals surface area contributed by atoms with E-state index in [1.54, 1.807) is 7.11 Å². The van der Waals surface area contributed by atoms with Crippen molar-refractivity contribution in [2.24, 2.45) is 5.92 Å². The topological polar surface area (TPSA) is 56.7 Å². The van der Waals surface area contributed by atoms with Crippen molar-refractivity contribution >= 4 is 24.8 Å². The van der Waals surface area contributed by atoms with Crippen LogP contribution in [0, 0.1) is 5.92 Å². The number of likely N-dealkylation sites (tertiary alicyclic amines) is 1. The Morgan fingerprint density at radius 1 is 1.00 bits per heavy atom. The van der Waals surface area contributed by atoms with Crippen LogP contribution in [0.1, 0.15) is 64.0 Å². The van der Waals surface area contributed by atoms with Crippen LogP contribution in [0.3, 0.4) is 0 Å². The maximum Gasteiger partial charge on any atom is 0.234 e. The molecule has 1 saturated carbocycles. The van der Waals surface area contributed by atoms with Gasteiger partial charge in [0.2, 0.25) is 5.88 Å². The highest BCUT2D eigenvalue weighted by molar-refractivity contribution is 5.85. The van der Waals surface area contributed by atoms with Gasteiger partial charge in [0.1, 0.15) is 5.75 Å². The molecule has 2 fully saturated rings. The molecule has 2 heterocycles. The predicted octanol–water partition coefficient (Wildman–Crippen LogP) is 6.39. The molecule has 0 N–H and O–H groups in total. The summed E-state index contributed by atoms with van der Waals surface area (Å²) in [5.74, 6) is 1.86. The van der Waals surface area contributed by atoms with Crippen LogP contribution < -0.4 is 9.47 Å². The lowest BCUT2D eigenvalue weighted by Crippen LogP contribution is -2.44. The first-order chi connectivity index (χ1) is 16.7. The largest absolute Gasteiger partial charge is 0.490 e. The molecule has 2 aliphatic rings. The third-order valence-electron chi connectivity index (χ3n) is 7.25. The Balaban J connectivity index is 0.00000228. The second-order valence-corrected chi connectivity index (χ2v) is 9.94. The van der Waals surface area contributed by atoms with Gasteiger partial charge >= 0.3 is 0 Å². The van der Waals surface area contributed by atoms with Gasteiger partial charge in [0.25, 0.3) is 0 Å². The van der Waals surface area contributed by atoms with Gasteiger partial charge in [-0.1, -0.05) is 31.9 Å². The number of ether oxygens (including phenoxy) is 3. The lowest BCUT2D eigenvalue weighted by molar-refractivity contribution is -0.0173. The molecular weight excluding hydrogens is 497 g/mol. The van der Waals surface area contributed by atoms with E-state index < -0.39 is 0 Å². The van der Waals surface area contributed by atoms with Crippen LogP contribution in [-0.2, 0) is 11.2 Å². The highest BCUT2D eigenvalue weighted by Gasteiger charge is 2.28. The lowest BCUT2D eigenvalue weighted by Gasteiger charge is -2.35. The minimum Gasteiger partial charge on any atom is -0.490 e. The second-order valence-electron chi connectivity index (χ2n) is 9.94. The number of nitrogens with zero attached hydrogens (tertiary/aromatic N) is 3. The Kier molecular flexibility index (Phi) is 13.3. The summed E-state index contributed by atoms with van der Waals surface area (Å²) in [4.78, 5) is 2.34. The number of piperidine rings is 1. The van der Waals surface area contributed by atoms with Crippen molar-refractivity contribution < 1.29 is 14.2 Å². The predicted molar refractivity (Wildman–Crippen MR) is 150 cm³/mol. The van der Waals surface area contributed by atoms with Crippen LogP contribution in [0.15, 0.2) is 30.3 Å². The van der Waals surface area contributed by atoms with E-state index in [1.807, 2.05) is 0 Å². The van der Waals surface area contributed by atoms with Crippen LogP contribution in [0.4, 0.5) is 0 Å². The molecule has 6 nitrogen and oxygen atoms in total. The van der Waals surface area contributed by atoms with Gasteiger partial charge in [-0.05, 0) is 69.7 Å². The normalized spacial score (nSPS) is 20.8. The molecule has 1 saturated heterocycles. The van der Waals surface area contributed by atoms with Crippen molar-refractivity contribution in [1.29, 1.82) is 0 Å². The van der Waals surface area contributed by atoms with Crippen molar-refractivity contribution in [2.75, 3.05) is 33.9 Å². The summed E-state index contributed by atoms with van der Waals surface area (Å²) in [6.07, 6.45) is 11.0. The minimum absolute atomic E-state index is 0. The first kappa shape index (κ1) is 30.6. The molecule has 4 rings (SSSR count). The fourth-order valence-corrected chi connectivity index (χ4v) is 5.19. The molecule has 36 heavy (non-hydrogen) atoms. The number of unbranched alkanes of at least 4 members (excludes halogenated alkanes) is 1. The first-order valence-electron chi connectivity index (χ1n) is 13.1. The van der Waals surface area contributed by atoms with Crippen LogP contribution in [0.2, 0.25) is 0 Å². The zero-order valence-corrected chi connectivity index (χ0v) is 23.6. The minimum atomic E-state index is 0. The molecule has 0 unspecified atom stereocenters. The van der Waals surface area contributed by atoms with Crippen LogP contribution >= 0.6 is 24.8 Å². The van der Waals surface area contributed by atoms with Gasteiger partial charge in [0.15, 0.2) is 0 Å². The van der Waals surface area contributed by atoms with E-state index in [-0.39, 0.29) is 30.9 Å². The van der Waals surface area contributed by atoms with Gasteiger partial charge in [-0.25, -0.2) is 0 Å². The molecule has 202 valence electrons. The van der Waals surface area contributed by atoms with E-state index in [4.69, 9.17) is 14.2 Å². The fraction of sp³-hybridized carbons (Fsp3) is 0.643. The zero-order valence-electron chi connectivity index (χ0n) is 22.0. The Hall–Kier alpha value is -1.60. The third kappa shape index (κ3) is 8.47. The smallest absolute Gasteiger partial charge is 0.234 e. The van der Waals surface area contributed by atoms with Crippen molar-refractivity contribution in [3.05, 3.63) is 36.0 Å². The third-order valence-corrected chi connectivity index (χ3v) is 7.25. The van der Waals surface area contributed by atoms with Gasteiger partial charge < -0.3 is 19.1 Å². The molecule has 2 aromatic rings. The van der Waals surface area contributed by atoms with Crippen molar-refractivity contribution in [1.82, 2.24) is 15.1 Å². The molecule has 8 heteroatoms. The molecule has 1 aliphatic carbocycles. The number of hydrogen-bond donors (Lipinski definition) is 0. The fourth-order valence-electron chi connectivity index (χ4n) is 5.19. The monoisotopic (exact) mass is 539 g/mol. The Bertz CT molecular complexity index is 894. The highest BCUT2D eigenvalue weighted by atomic mass is 35.5. The van der Waals surface area contributed by atoms with Gasteiger partial charge in [0, 0.05) is 37.7 Å². The SMILES string of the molecule is CCCCc1nnc(OC[C@@H]2CN(C)CC[C@@H]2OC)cc1-c1ccc(OC2CCCCC2)cc1.Cl.Cl. The van der Waals surface area contributed by atoms with E-state index in [0.29, 0.717) is 24.5 Å². The lowest BCUT2D eigenvalue weighted by atomic mass is 9.96. The molecule has 2 atom stereocenters. The number of halogens is 2. The maximum absolute atomic E-state index is 6.23. The van der Waals surface area contributed by atoms with Gasteiger partial charge in [0.05, 0.1) is 24.5 Å². The molecule has 0 radical (unpaired) electrons. The Morgan fingerprint density at radius 2 is 1.75 bits per heavy atom. The second kappa shape index (κ2) is 15.6. The Morgan fingerprint density at radius 3 is 2.44 bits per heavy atom. The van der Waals surface area contributed by atoms with Crippen LogP contribution in [-0.4, -0.2) is 61.2 Å². The summed E-state index contributed by atoms with van der Waals surface area (Å²) in [7, 11) is 3.95. The number of aryl methyl sites for hydroxylation is 1. The molecule has 0 amide bonds. The molecule has 1 aromatic carbocycles. The number of benzene rings is 1. The van der Waals surface area contributed by atoms with Gasteiger partial charge in [-0.15, -0.1) is 29.9 Å². The summed E-state index contributed by atoms with van der Waals surface area (Å²) in [5, 5.41) is 8.99. The van der Waals surface area contributed by atoms with Crippen molar-refractivity contribution in [3.8, 4) is 22.8 Å². The van der Waals surface area contributed by atoms with Gasteiger partial charge in [-0.3, -0.25) is 0 Å². The van der Waals surface area contributed by atoms with Crippen molar-refractivity contribution in [3.63, 3.8) is 0 Å². The van der Waals surface area contributed by atoms with Crippen molar-refractivity contribution in [2.45, 2.75) is 76.9 Å². The number of rotatable bonds is 10. The van der Waals surface area contributed by atoms with E-state index in [2.05, 4.69) is 59.4 Å². The standard InChI is InChI=1S/C28H41N3O3.2ClH/c1-4-5-11-26-25(21-12-14-24(15-13-21)34-23-9-7-6-8-10-23)18-28(30-29-26)33-20-22-19-31(2)17-16-27(22)32-3;;/h12-15,18,22-23,27H,4-11,16-17,19-20H2,1-3H3;2*1H/t22-,27-;;/m0../s1. The summed E-state index contributed by atoms with van der Waals surface area (Å²) in [6.45, 7) is 4.82. The Labute approximate surface area is 229 Å². The maximum atomic E-state index is 6.23. The number of aromatic nitrogens is 2. The van der Waals surface area contributed by atoms with Gasteiger partial charge in [-0.2, -0.15) is 5.10 Å². The van der Waals surface area contributed by atoms with E-state index in [9.17, 15) is 0 Å². The first-order valence-corrected chi connectivity index (χ1v) is 13.1. The van der Waals surface area contributed by atoms with E-state index in [1.165, 1.54) is 32.1 Å². The number of hydrogen-bond acceptors (Lipinski definition) is 6. The molecule has 0 spiro atoms. The molecule has 1 aromatic heterocycles. The van der Waals surface area contributed by atoms with E-state index in [0.717, 1.165) is 61.3 Å². The highest BCUT2D eigenvalue weighted by Crippen LogP contribution is 2.30. The number of methoxy groups -OCH3 is 1. The zero-order chi connectivity index (χ0) is 23.8. The van der Waals surface area contributed by atoms with Crippen LogP contribution in [0.25, 0.3) is 11.1 Å². The molecule has 0 bridgehead atoms. The summed E-state index contributed by atoms with van der Waals surface area (Å²) in [6, 6.07) is 10.5. The molecular formula is C28H43Cl2N3O3. The summed E-state index contributed by atoms with van der Waals surface area (Å²) < 4.78 is 18.1. The average Bonchev–Trinajstić information content (AvgIpc) is 2.87. The van der Waals surface area contributed by atoms with Crippen LogP contribution in [0.5, 0.6) is 11.6 Å². The molecule has 1 aliphatic heterocycles. The summed E-state index contributed by atoms with van der Waals surface area (Å²) >= 11 is 0. The summed E-state index contributed by atoms with van der Waals surface area (Å²) in [5.41, 5.74) is 3.27. The van der Waals surface area contributed by atoms with E-state index >= 15 is 0 Å². The average molecular weight is 541 g/mol.